The third-order valence-electron chi connectivity index (χ3n) is 13.7. The highest BCUT2D eigenvalue weighted by Gasteiger charge is 2.22. The average Bonchev–Trinajstić information content (AvgIpc) is 3.38. The van der Waals surface area contributed by atoms with Crippen molar-refractivity contribution in [1.29, 1.82) is 0 Å². The van der Waals surface area contributed by atoms with E-state index in [9.17, 15) is 19.0 Å². The predicted octanol–water partition coefficient (Wildman–Crippen LogP) is 19.4. The van der Waals surface area contributed by atoms with Crippen LogP contribution < -0.4 is 4.89 Å². The van der Waals surface area contributed by atoms with Crippen molar-refractivity contribution in [2.75, 3.05) is 47.5 Å². The van der Waals surface area contributed by atoms with E-state index >= 15 is 0 Å². The summed E-state index contributed by atoms with van der Waals surface area (Å²) in [5.74, 6) is -0.877. The fourth-order valence-corrected chi connectivity index (χ4v) is 9.63. The molecule has 76 heavy (non-hydrogen) atoms. The molecule has 0 saturated carbocycles. The van der Waals surface area contributed by atoms with Gasteiger partial charge in [-0.1, -0.05) is 279 Å². The molecule has 0 radical (unpaired) electrons. The van der Waals surface area contributed by atoms with Gasteiger partial charge in [0.2, 0.25) is 0 Å². The molecule has 0 rings (SSSR count). The van der Waals surface area contributed by atoms with E-state index in [2.05, 4.69) is 86.8 Å². The van der Waals surface area contributed by atoms with Crippen molar-refractivity contribution >= 4 is 19.8 Å². The minimum absolute atomic E-state index is 0.0415. The van der Waals surface area contributed by atoms with Gasteiger partial charge in [0.1, 0.15) is 19.8 Å². The third-order valence-corrected chi connectivity index (χ3v) is 14.7. The molecule has 9 nitrogen and oxygen atoms in total. The number of esters is 2. The lowest BCUT2D eigenvalue weighted by molar-refractivity contribution is -0.870. The second kappa shape index (κ2) is 57.1. The molecule has 2 atom stereocenters. The van der Waals surface area contributed by atoms with E-state index in [1.54, 1.807) is 0 Å². The minimum atomic E-state index is -4.65. The Morgan fingerprint density at radius 1 is 0.421 bits per heavy atom. The van der Waals surface area contributed by atoms with Gasteiger partial charge in [0.05, 0.1) is 27.7 Å². The molecule has 0 aliphatic rings. The summed E-state index contributed by atoms with van der Waals surface area (Å²) in [5, 5.41) is 0. The van der Waals surface area contributed by atoms with Gasteiger partial charge in [-0.2, -0.15) is 0 Å². The molecule has 0 amide bonds. The normalized spacial score (nSPS) is 13.7. The summed E-state index contributed by atoms with van der Waals surface area (Å²) in [6.45, 7) is 4.10. The number of quaternary nitrogens is 1. The van der Waals surface area contributed by atoms with Crippen LogP contribution in [0.4, 0.5) is 0 Å². The van der Waals surface area contributed by atoms with Gasteiger partial charge in [-0.15, -0.1) is 0 Å². The molecule has 0 aromatic heterocycles. The number of hydrogen-bond donors (Lipinski definition) is 0. The van der Waals surface area contributed by atoms with Crippen LogP contribution in [-0.4, -0.2) is 70.0 Å². The molecule has 2 unspecified atom stereocenters. The summed E-state index contributed by atoms with van der Waals surface area (Å²) in [6.07, 6.45) is 75.6. The number of ether oxygens (including phenoxy) is 2. The van der Waals surface area contributed by atoms with Gasteiger partial charge in [0.25, 0.3) is 7.82 Å². The van der Waals surface area contributed by atoms with Crippen molar-refractivity contribution in [3.05, 3.63) is 72.9 Å². The summed E-state index contributed by atoms with van der Waals surface area (Å²) in [7, 11) is 1.14. The van der Waals surface area contributed by atoms with Crippen molar-refractivity contribution < 1.29 is 42.1 Å². The number of likely N-dealkylation sites (N-methyl/N-ethyl adjacent to an activating group) is 1. The maximum atomic E-state index is 12.8. The number of nitrogens with zero attached hydrogens (tertiary/aromatic N) is 1. The maximum absolute atomic E-state index is 12.8. The number of rotatable bonds is 58. The van der Waals surface area contributed by atoms with Crippen LogP contribution in [0.25, 0.3) is 0 Å². The summed E-state index contributed by atoms with van der Waals surface area (Å²) in [4.78, 5) is 37.9. The van der Waals surface area contributed by atoms with Gasteiger partial charge in [0, 0.05) is 12.8 Å². The van der Waals surface area contributed by atoms with Crippen molar-refractivity contribution in [3.63, 3.8) is 0 Å². The predicted molar refractivity (Wildman–Crippen MR) is 323 cm³/mol. The van der Waals surface area contributed by atoms with E-state index in [-0.39, 0.29) is 26.1 Å². The quantitative estimate of drug-likeness (QED) is 0.0195. The molecule has 0 bridgehead atoms. The highest BCUT2D eigenvalue weighted by atomic mass is 31.2. The number of carbonyl (C=O) groups excluding carboxylic acids is 2. The van der Waals surface area contributed by atoms with Crippen LogP contribution in [-0.2, 0) is 32.7 Å². The number of hydrogen-bond acceptors (Lipinski definition) is 8. The lowest BCUT2D eigenvalue weighted by atomic mass is 10.0. The van der Waals surface area contributed by atoms with Crippen molar-refractivity contribution in [2.24, 2.45) is 0 Å². The SMILES string of the molecule is CC/C=C\C/C=C\C/C=C\C/C=C\C/C=C\C/C=C\CCCCC(=O)OC(COC(=O)CCCCCCCCCCCCCCCCCCCCCCCCCCCCCCCCC)COP(=O)([O-])OCC[N+](C)(C)C. The topological polar surface area (TPSA) is 111 Å². The van der Waals surface area contributed by atoms with Crippen LogP contribution in [0.5, 0.6) is 0 Å². The first-order chi connectivity index (χ1) is 37.0. The lowest BCUT2D eigenvalue weighted by Crippen LogP contribution is -2.37. The smallest absolute Gasteiger partial charge is 0.306 e. The van der Waals surface area contributed by atoms with Crippen LogP contribution in [0.2, 0.25) is 0 Å². The molecule has 0 heterocycles. The van der Waals surface area contributed by atoms with E-state index in [1.165, 1.54) is 180 Å². The summed E-state index contributed by atoms with van der Waals surface area (Å²) in [6, 6.07) is 0. The number of allylic oxidation sites excluding steroid dienone is 12. The Bertz CT molecular complexity index is 1510. The fraction of sp³-hybridized carbons (Fsp3) is 0.788. The Labute approximate surface area is 469 Å². The Morgan fingerprint density at radius 3 is 1.12 bits per heavy atom. The molecule has 0 saturated heterocycles. The Kier molecular flexibility index (Phi) is 55.2. The summed E-state index contributed by atoms with van der Waals surface area (Å²) < 4.78 is 34.1. The fourth-order valence-electron chi connectivity index (χ4n) is 8.90. The van der Waals surface area contributed by atoms with Crippen molar-refractivity contribution in [2.45, 2.75) is 290 Å². The zero-order valence-electron chi connectivity index (χ0n) is 50.2. The van der Waals surface area contributed by atoms with Gasteiger partial charge in [-0.3, -0.25) is 14.2 Å². The first kappa shape index (κ1) is 73.5. The second-order valence-corrected chi connectivity index (χ2v) is 23.8. The summed E-state index contributed by atoms with van der Waals surface area (Å²) >= 11 is 0. The largest absolute Gasteiger partial charge is 0.756 e. The van der Waals surface area contributed by atoms with E-state index in [0.717, 1.165) is 70.6 Å². The van der Waals surface area contributed by atoms with Gasteiger partial charge in [0.15, 0.2) is 6.10 Å². The molecule has 0 aromatic carbocycles. The molecule has 0 aromatic rings. The lowest BCUT2D eigenvalue weighted by Gasteiger charge is -2.28. The van der Waals surface area contributed by atoms with Crippen LogP contribution >= 0.6 is 7.82 Å². The number of carbonyl (C=O) groups is 2. The Morgan fingerprint density at radius 2 is 0.750 bits per heavy atom. The van der Waals surface area contributed by atoms with E-state index in [1.807, 2.05) is 21.1 Å². The monoisotopic (exact) mass is 1090 g/mol. The second-order valence-electron chi connectivity index (χ2n) is 22.4. The van der Waals surface area contributed by atoms with Crippen LogP contribution in [0.3, 0.4) is 0 Å². The molecule has 10 heteroatoms. The molecule has 0 N–H and O–H groups in total. The van der Waals surface area contributed by atoms with E-state index in [0.29, 0.717) is 17.4 Å². The number of phosphoric ester groups is 1. The minimum Gasteiger partial charge on any atom is -0.756 e. The number of phosphoric acid groups is 1. The van der Waals surface area contributed by atoms with Gasteiger partial charge in [-0.05, 0) is 64.2 Å². The highest BCUT2D eigenvalue weighted by molar-refractivity contribution is 7.45. The Balaban J connectivity index is 4.09. The summed E-state index contributed by atoms with van der Waals surface area (Å²) in [5.41, 5.74) is 0. The van der Waals surface area contributed by atoms with Crippen LogP contribution in [0.1, 0.15) is 284 Å². The molecule has 0 spiro atoms. The standard InChI is InChI=1S/C66H120NO8P/c1-6-8-10-12-14-16-18-20-22-24-26-28-29-30-31-32-33-34-35-36-37-39-40-42-44-46-48-50-52-54-56-58-65(68)72-62-64(63-74-76(70,71)73-61-60-67(3,4)5)75-66(69)59-57-55-53-51-49-47-45-43-41-38-27-25-23-21-19-17-15-13-11-9-7-2/h9,11,15,17,21,23,27,38,43,45,49,51,64H,6-8,10,12-14,16,18-20,22,24-26,28-37,39-42,44,46-48,50,52-63H2,1-5H3/b11-9-,17-15-,23-21-,38-27-,45-43-,51-49-. The average molecular weight is 1090 g/mol. The molecular formula is C66H120NO8P. The van der Waals surface area contributed by atoms with Crippen molar-refractivity contribution in [1.82, 2.24) is 0 Å². The van der Waals surface area contributed by atoms with Crippen LogP contribution in [0, 0.1) is 0 Å². The van der Waals surface area contributed by atoms with E-state index in [4.69, 9.17) is 18.5 Å². The van der Waals surface area contributed by atoms with Crippen LogP contribution in [0.15, 0.2) is 72.9 Å². The highest BCUT2D eigenvalue weighted by Crippen LogP contribution is 2.38. The first-order valence-electron chi connectivity index (χ1n) is 31.6. The molecule has 0 fully saturated rings. The molecule has 0 aliphatic carbocycles. The third kappa shape index (κ3) is 60.7. The molecule has 0 aliphatic heterocycles. The molecular weight excluding hydrogens is 966 g/mol. The Hall–Kier alpha value is -2.55. The molecule has 442 valence electrons. The number of unbranched alkanes of at least 4 members (excludes halogenated alkanes) is 32. The van der Waals surface area contributed by atoms with Gasteiger partial charge in [-0.25, -0.2) is 0 Å². The van der Waals surface area contributed by atoms with E-state index < -0.39 is 32.5 Å². The first-order valence-corrected chi connectivity index (χ1v) is 33.1. The maximum Gasteiger partial charge on any atom is 0.306 e. The zero-order chi connectivity index (χ0) is 55.6. The zero-order valence-corrected chi connectivity index (χ0v) is 51.1. The van der Waals surface area contributed by atoms with Crippen molar-refractivity contribution in [3.8, 4) is 0 Å². The van der Waals surface area contributed by atoms with Gasteiger partial charge >= 0.3 is 11.9 Å². The van der Waals surface area contributed by atoms with Gasteiger partial charge < -0.3 is 27.9 Å².